The summed E-state index contributed by atoms with van der Waals surface area (Å²) in [6.45, 7) is 2.44. The first-order chi connectivity index (χ1) is 8.33. The van der Waals surface area contributed by atoms with E-state index in [2.05, 4.69) is 15.0 Å². The Morgan fingerprint density at radius 1 is 1.18 bits per heavy atom. The van der Waals surface area contributed by atoms with E-state index in [0.29, 0.717) is 6.54 Å². The standard InChI is InChI=1S/C12H13N3OS/c16-11-9-14-7-4-8-15(14)12(17-11)13-10-5-2-1-3-6-10/h1-3,5-6H,4,7-9H2. The molecule has 2 aliphatic heterocycles. The number of nitrogens with zero attached hydrogens (tertiary/aromatic N) is 3. The van der Waals surface area contributed by atoms with E-state index in [4.69, 9.17) is 0 Å². The number of hydrogen-bond acceptors (Lipinski definition) is 4. The van der Waals surface area contributed by atoms with Gasteiger partial charge in [0, 0.05) is 13.1 Å². The van der Waals surface area contributed by atoms with Gasteiger partial charge in [-0.15, -0.1) is 0 Å². The molecule has 2 fully saturated rings. The van der Waals surface area contributed by atoms with Crippen LogP contribution in [-0.4, -0.2) is 39.9 Å². The quantitative estimate of drug-likeness (QED) is 0.759. The molecule has 17 heavy (non-hydrogen) atoms. The molecule has 1 aromatic rings. The van der Waals surface area contributed by atoms with Crippen LogP contribution in [0.15, 0.2) is 35.3 Å². The lowest BCUT2D eigenvalue weighted by atomic mass is 10.3. The van der Waals surface area contributed by atoms with Crippen LogP contribution in [0, 0.1) is 0 Å². The number of benzene rings is 1. The average Bonchev–Trinajstić information content (AvgIpc) is 2.78. The number of fused-ring (bicyclic) bond motifs is 1. The number of carbonyl (C=O) groups is 1. The van der Waals surface area contributed by atoms with Crippen LogP contribution in [0.4, 0.5) is 5.69 Å². The lowest BCUT2D eigenvalue weighted by molar-refractivity contribution is -0.114. The van der Waals surface area contributed by atoms with Gasteiger partial charge in [0.05, 0.1) is 12.2 Å². The first kappa shape index (κ1) is 10.8. The van der Waals surface area contributed by atoms with Gasteiger partial charge in [0.2, 0.25) is 5.12 Å². The first-order valence-electron chi connectivity index (χ1n) is 5.70. The van der Waals surface area contributed by atoms with Crippen molar-refractivity contribution in [1.29, 1.82) is 0 Å². The zero-order valence-corrected chi connectivity index (χ0v) is 10.2. The molecule has 0 atom stereocenters. The zero-order chi connectivity index (χ0) is 11.7. The molecule has 0 radical (unpaired) electrons. The highest BCUT2D eigenvalue weighted by Crippen LogP contribution is 2.26. The van der Waals surface area contributed by atoms with E-state index in [9.17, 15) is 4.79 Å². The van der Waals surface area contributed by atoms with Crippen LogP contribution < -0.4 is 0 Å². The molecular formula is C12H13N3OS. The SMILES string of the molecule is O=C1CN2CCCN2C(=Nc2ccccc2)S1. The van der Waals surface area contributed by atoms with Gasteiger partial charge in [-0.2, -0.15) is 0 Å². The average molecular weight is 247 g/mol. The van der Waals surface area contributed by atoms with Crippen molar-refractivity contribution in [3.8, 4) is 0 Å². The lowest BCUT2D eigenvalue weighted by Gasteiger charge is -2.33. The van der Waals surface area contributed by atoms with E-state index in [1.54, 1.807) is 0 Å². The van der Waals surface area contributed by atoms with Crippen LogP contribution in [0.2, 0.25) is 0 Å². The molecule has 4 nitrogen and oxygen atoms in total. The Morgan fingerprint density at radius 3 is 2.82 bits per heavy atom. The molecule has 2 aliphatic rings. The number of aliphatic imine (C=N–C) groups is 1. The van der Waals surface area contributed by atoms with E-state index in [1.807, 2.05) is 30.3 Å². The summed E-state index contributed by atoms with van der Waals surface area (Å²) in [4.78, 5) is 16.2. The van der Waals surface area contributed by atoms with E-state index in [-0.39, 0.29) is 5.12 Å². The fraction of sp³-hybridized carbons (Fsp3) is 0.333. The van der Waals surface area contributed by atoms with Gasteiger partial charge in [0.1, 0.15) is 0 Å². The van der Waals surface area contributed by atoms with Crippen molar-refractivity contribution >= 4 is 27.7 Å². The van der Waals surface area contributed by atoms with Gasteiger partial charge < -0.3 is 0 Å². The number of hydrazine groups is 1. The third-order valence-electron chi connectivity index (χ3n) is 2.85. The van der Waals surface area contributed by atoms with Crippen molar-refractivity contribution in [2.75, 3.05) is 19.6 Å². The predicted octanol–water partition coefficient (Wildman–Crippen LogP) is 1.87. The number of hydrogen-bond donors (Lipinski definition) is 0. The molecule has 0 bridgehead atoms. The maximum atomic E-state index is 11.6. The molecule has 0 saturated carbocycles. The third-order valence-corrected chi connectivity index (χ3v) is 3.69. The Hall–Kier alpha value is -1.33. The summed E-state index contributed by atoms with van der Waals surface area (Å²) in [7, 11) is 0. The van der Waals surface area contributed by atoms with Gasteiger partial charge in [-0.1, -0.05) is 18.2 Å². The normalized spacial score (nSPS) is 23.2. The Morgan fingerprint density at radius 2 is 2.00 bits per heavy atom. The van der Waals surface area contributed by atoms with Gasteiger partial charge >= 0.3 is 0 Å². The summed E-state index contributed by atoms with van der Waals surface area (Å²) in [5.74, 6) is 0. The van der Waals surface area contributed by atoms with E-state index >= 15 is 0 Å². The minimum atomic E-state index is 0.179. The topological polar surface area (TPSA) is 35.9 Å². The van der Waals surface area contributed by atoms with Crippen LogP contribution in [0.3, 0.4) is 0 Å². The Labute approximate surface area is 104 Å². The van der Waals surface area contributed by atoms with Gasteiger partial charge in [-0.3, -0.25) is 9.80 Å². The third kappa shape index (κ3) is 2.21. The summed E-state index contributed by atoms with van der Waals surface area (Å²) in [5.41, 5.74) is 0.900. The molecule has 0 spiro atoms. The molecule has 0 aromatic heterocycles. The lowest BCUT2D eigenvalue weighted by Crippen LogP contribution is -2.46. The molecule has 88 valence electrons. The molecule has 2 saturated heterocycles. The highest BCUT2D eigenvalue weighted by atomic mass is 32.2. The molecule has 0 aliphatic carbocycles. The van der Waals surface area contributed by atoms with Gasteiger partial charge in [-0.05, 0) is 30.3 Å². The highest BCUT2D eigenvalue weighted by molar-refractivity contribution is 8.26. The van der Waals surface area contributed by atoms with Crippen molar-refractivity contribution < 1.29 is 4.79 Å². The number of amidine groups is 1. The molecular weight excluding hydrogens is 234 g/mol. The van der Waals surface area contributed by atoms with E-state index in [0.717, 1.165) is 30.4 Å². The number of para-hydroxylation sites is 1. The van der Waals surface area contributed by atoms with Crippen molar-refractivity contribution in [3.63, 3.8) is 0 Å². The Balaban J connectivity index is 1.90. The maximum Gasteiger partial charge on any atom is 0.212 e. The number of rotatable bonds is 1. The number of carbonyl (C=O) groups excluding carboxylic acids is 1. The largest absolute Gasteiger partial charge is 0.285 e. The van der Waals surface area contributed by atoms with Crippen LogP contribution in [0.5, 0.6) is 0 Å². The summed E-state index contributed by atoms with van der Waals surface area (Å²) < 4.78 is 0. The van der Waals surface area contributed by atoms with Crippen molar-refractivity contribution in [1.82, 2.24) is 10.0 Å². The van der Waals surface area contributed by atoms with Crippen LogP contribution in [-0.2, 0) is 4.79 Å². The van der Waals surface area contributed by atoms with Crippen molar-refractivity contribution in [2.45, 2.75) is 6.42 Å². The fourth-order valence-electron chi connectivity index (χ4n) is 2.08. The Kier molecular flexibility index (Phi) is 2.86. The minimum Gasteiger partial charge on any atom is -0.285 e. The van der Waals surface area contributed by atoms with Gasteiger partial charge in [0.25, 0.3) is 0 Å². The van der Waals surface area contributed by atoms with Crippen molar-refractivity contribution in [2.24, 2.45) is 4.99 Å². The predicted molar refractivity (Wildman–Crippen MR) is 69.0 cm³/mol. The molecule has 0 amide bonds. The van der Waals surface area contributed by atoms with Crippen molar-refractivity contribution in [3.05, 3.63) is 30.3 Å². The number of thioether (sulfide) groups is 1. The summed E-state index contributed by atoms with van der Waals surface area (Å²) in [6.07, 6.45) is 1.10. The van der Waals surface area contributed by atoms with E-state index < -0.39 is 0 Å². The zero-order valence-electron chi connectivity index (χ0n) is 9.37. The maximum absolute atomic E-state index is 11.6. The van der Waals surface area contributed by atoms with Crippen LogP contribution >= 0.6 is 11.8 Å². The first-order valence-corrected chi connectivity index (χ1v) is 6.51. The molecule has 0 unspecified atom stereocenters. The Bertz CT molecular complexity index is 460. The van der Waals surface area contributed by atoms with Gasteiger partial charge in [-0.25, -0.2) is 10.0 Å². The molecule has 0 N–H and O–H groups in total. The summed E-state index contributed by atoms with van der Waals surface area (Å²) in [5, 5.41) is 5.20. The molecule has 1 aromatic carbocycles. The second-order valence-electron chi connectivity index (χ2n) is 4.07. The molecule has 3 rings (SSSR count). The molecule has 5 heteroatoms. The summed E-state index contributed by atoms with van der Waals surface area (Å²) >= 11 is 1.25. The fourth-order valence-corrected chi connectivity index (χ4v) is 2.96. The highest BCUT2D eigenvalue weighted by Gasteiger charge is 2.33. The second kappa shape index (κ2) is 4.50. The van der Waals surface area contributed by atoms with E-state index in [1.165, 1.54) is 11.8 Å². The van der Waals surface area contributed by atoms with Crippen LogP contribution in [0.1, 0.15) is 6.42 Å². The molecule has 2 heterocycles. The summed E-state index contributed by atoms with van der Waals surface area (Å²) in [6, 6.07) is 9.78. The monoisotopic (exact) mass is 247 g/mol. The smallest absolute Gasteiger partial charge is 0.212 e. The second-order valence-corrected chi connectivity index (χ2v) is 5.09. The minimum absolute atomic E-state index is 0.179. The van der Waals surface area contributed by atoms with Gasteiger partial charge in [0.15, 0.2) is 5.17 Å². The van der Waals surface area contributed by atoms with Crippen LogP contribution in [0.25, 0.3) is 0 Å².